The van der Waals surface area contributed by atoms with E-state index >= 15 is 0 Å². The Morgan fingerprint density at radius 3 is 2.77 bits per heavy atom. The number of fused-ring (bicyclic) bond motifs is 1. The van der Waals surface area contributed by atoms with Crippen LogP contribution in [0.25, 0.3) is 10.2 Å². The number of rotatable bonds is 5. The van der Waals surface area contributed by atoms with Crippen molar-refractivity contribution >= 4 is 44.9 Å². The Morgan fingerprint density at radius 1 is 1.27 bits per heavy atom. The standard InChI is InChI=1S/C21H23ClFN5OS/c1-14(21(29)26(2)12-16-17(22)4-3-5-18(16)23)27-7-9-28(10-8-27)19-15-6-11-30-20(15)25-13-24-19/h3-6,11,13-14H,7-10,12H2,1-2H3. The summed E-state index contributed by atoms with van der Waals surface area (Å²) in [5, 5.41) is 3.43. The van der Waals surface area contributed by atoms with Crippen LogP contribution in [-0.2, 0) is 11.3 Å². The lowest BCUT2D eigenvalue weighted by Gasteiger charge is -2.39. The third-order valence-corrected chi connectivity index (χ3v) is 6.77. The lowest BCUT2D eigenvalue weighted by Crippen LogP contribution is -2.54. The molecule has 1 saturated heterocycles. The monoisotopic (exact) mass is 447 g/mol. The summed E-state index contributed by atoms with van der Waals surface area (Å²) in [4.78, 5) is 28.7. The first-order chi connectivity index (χ1) is 14.5. The number of hydrogen-bond donors (Lipinski definition) is 0. The highest BCUT2D eigenvalue weighted by atomic mass is 35.5. The molecule has 0 bridgehead atoms. The molecule has 1 aliphatic rings. The second kappa shape index (κ2) is 8.83. The Balaban J connectivity index is 1.38. The summed E-state index contributed by atoms with van der Waals surface area (Å²) in [6.07, 6.45) is 1.61. The highest BCUT2D eigenvalue weighted by Crippen LogP contribution is 2.27. The zero-order valence-corrected chi connectivity index (χ0v) is 18.5. The summed E-state index contributed by atoms with van der Waals surface area (Å²) in [7, 11) is 1.69. The molecular weight excluding hydrogens is 425 g/mol. The smallest absolute Gasteiger partial charge is 0.239 e. The SMILES string of the molecule is CC(C(=O)N(C)Cc1c(F)cccc1Cl)N1CCN(c2ncnc3sccc23)CC1. The number of amides is 1. The molecule has 1 amide bonds. The van der Waals surface area contributed by atoms with Crippen molar-refractivity contribution in [3.8, 4) is 0 Å². The van der Waals surface area contributed by atoms with Crippen molar-refractivity contribution in [1.29, 1.82) is 0 Å². The fourth-order valence-electron chi connectivity index (χ4n) is 3.82. The zero-order valence-electron chi connectivity index (χ0n) is 16.9. The number of carbonyl (C=O) groups excluding carboxylic acids is 1. The molecular formula is C21H23ClFN5OS. The maximum atomic E-state index is 14.1. The summed E-state index contributed by atoms with van der Waals surface area (Å²) < 4.78 is 14.1. The van der Waals surface area contributed by atoms with Crippen LogP contribution in [0.15, 0.2) is 36.0 Å². The minimum atomic E-state index is -0.395. The molecule has 0 N–H and O–H groups in total. The van der Waals surface area contributed by atoms with Gasteiger partial charge in [-0.25, -0.2) is 14.4 Å². The number of piperazine rings is 1. The number of aromatic nitrogens is 2. The Kier molecular flexibility index (Phi) is 6.17. The molecule has 1 fully saturated rings. The van der Waals surface area contributed by atoms with Gasteiger partial charge in [0.15, 0.2) is 0 Å². The predicted molar refractivity (Wildman–Crippen MR) is 119 cm³/mol. The van der Waals surface area contributed by atoms with Crippen molar-refractivity contribution in [2.75, 3.05) is 38.1 Å². The van der Waals surface area contributed by atoms with Gasteiger partial charge in [-0.15, -0.1) is 11.3 Å². The van der Waals surface area contributed by atoms with Crippen LogP contribution in [0.3, 0.4) is 0 Å². The van der Waals surface area contributed by atoms with Gasteiger partial charge in [-0.2, -0.15) is 0 Å². The molecule has 3 aromatic rings. The molecule has 0 spiro atoms. The Bertz CT molecular complexity index is 1030. The maximum absolute atomic E-state index is 14.1. The van der Waals surface area contributed by atoms with E-state index in [-0.39, 0.29) is 18.5 Å². The van der Waals surface area contributed by atoms with Crippen molar-refractivity contribution in [1.82, 2.24) is 19.8 Å². The van der Waals surface area contributed by atoms with E-state index in [1.165, 1.54) is 6.07 Å². The average molecular weight is 448 g/mol. The van der Waals surface area contributed by atoms with Crippen LogP contribution in [0, 0.1) is 5.82 Å². The van der Waals surface area contributed by atoms with Crippen LogP contribution >= 0.6 is 22.9 Å². The van der Waals surface area contributed by atoms with E-state index in [4.69, 9.17) is 11.6 Å². The lowest BCUT2D eigenvalue weighted by atomic mass is 10.1. The maximum Gasteiger partial charge on any atom is 0.239 e. The second-order valence-corrected chi connectivity index (χ2v) is 8.73. The zero-order chi connectivity index (χ0) is 21.3. The topological polar surface area (TPSA) is 52.6 Å². The van der Waals surface area contributed by atoms with E-state index < -0.39 is 5.82 Å². The summed E-state index contributed by atoms with van der Waals surface area (Å²) in [6, 6.07) is 6.32. The van der Waals surface area contributed by atoms with Crippen LogP contribution in [0.4, 0.5) is 10.2 Å². The van der Waals surface area contributed by atoms with Gasteiger partial charge in [-0.3, -0.25) is 9.69 Å². The second-order valence-electron chi connectivity index (χ2n) is 7.43. The van der Waals surface area contributed by atoms with Crippen molar-refractivity contribution in [3.05, 3.63) is 52.4 Å². The van der Waals surface area contributed by atoms with Gasteiger partial charge >= 0.3 is 0 Å². The first-order valence-corrected chi connectivity index (χ1v) is 11.1. The largest absolute Gasteiger partial charge is 0.353 e. The fraction of sp³-hybridized carbons (Fsp3) is 0.381. The van der Waals surface area contributed by atoms with Gasteiger partial charge in [0.25, 0.3) is 0 Å². The van der Waals surface area contributed by atoms with Crippen molar-refractivity contribution < 1.29 is 9.18 Å². The molecule has 3 heterocycles. The fourth-order valence-corrected chi connectivity index (χ4v) is 4.77. The average Bonchev–Trinajstić information content (AvgIpc) is 3.24. The third kappa shape index (κ3) is 4.12. The number of halogens is 2. The summed E-state index contributed by atoms with van der Waals surface area (Å²) in [6.45, 7) is 5.10. The van der Waals surface area contributed by atoms with Gasteiger partial charge in [0.1, 0.15) is 22.8 Å². The number of anilines is 1. The Hall–Kier alpha value is -2.29. The Labute approximate surface area is 183 Å². The highest BCUT2D eigenvalue weighted by Gasteiger charge is 2.29. The minimum absolute atomic E-state index is 0.0509. The van der Waals surface area contributed by atoms with Crippen molar-refractivity contribution in [2.24, 2.45) is 0 Å². The van der Waals surface area contributed by atoms with E-state index in [0.717, 1.165) is 42.2 Å². The molecule has 1 aliphatic heterocycles. The number of hydrogen-bond acceptors (Lipinski definition) is 6. The number of likely N-dealkylation sites (N-methyl/N-ethyl adjacent to an activating group) is 1. The molecule has 30 heavy (non-hydrogen) atoms. The van der Waals surface area contributed by atoms with Crippen LogP contribution in [0.5, 0.6) is 0 Å². The normalized spacial score (nSPS) is 16.1. The molecule has 2 aromatic heterocycles. The van der Waals surface area contributed by atoms with E-state index in [1.807, 2.05) is 12.3 Å². The highest BCUT2D eigenvalue weighted by molar-refractivity contribution is 7.16. The number of carbonyl (C=O) groups is 1. The van der Waals surface area contributed by atoms with E-state index in [2.05, 4.69) is 25.8 Å². The molecule has 158 valence electrons. The van der Waals surface area contributed by atoms with Crippen LogP contribution in [0.1, 0.15) is 12.5 Å². The molecule has 0 radical (unpaired) electrons. The summed E-state index contributed by atoms with van der Waals surface area (Å²) in [5.74, 6) is 0.504. The molecule has 6 nitrogen and oxygen atoms in total. The predicted octanol–water partition coefficient (Wildman–Crippen LogP) is 3.65. The summed E-state index contributed by atoms with van der Waals surface area (Å²) in [5.41, 5.74) is 0.343. The summed E-state index contributed by atoms with van der Waals surface area (Å²) >= 11 is 7.72. The van der Waals surface area contributed by atoms with E-state index in [9.17, 15) is 9.18 Å². The van der Waals surface area contributed by atoms with E-state index in [0.29, 0.717) is 10.6 Å². The molecule has 4 rings (SSSR count). The molecule has 1 aromatic carbocycles. The number of benzene rings is 1. The molecule has 0 saturated carbocycles. The minimum Gasteiger partial charge on any atom is -0.353 e. The van der Waals surface area contributed by atoms with Gasteiger partial charge in [0.05, 0.1) is 11.4 Å². The molecule has 1 atom stereocenters. The van der Waals surface area contributed by atoms with Crippen LogP contribution < -0.4 is 4.90 Å². The molecule has 9 heteroatoms. The van der Waals surface area contributed by atoms with Crippen molar-refractivity contribution in [2.45, 2.75) is 19.5 Å². The molecule has 1 unspecified atom stereocenters. The van der Waals surface area contributed by atoms with Gasteiger partial charge in [0, 0.05) is 50.4 Å². The lowest BCUT2D eigenvalue weighted by molar-refractivity contribution is -0.135. The van der Waals surface area contributed by atoms with Gasteiger partial charge in [-0.05, 0) is 30.5 Å². The number of thiophene rings is 1. The quantitative estimate of drug-likeness (QED) is 0.597. The number of nitrogens with zero attached hydrogens (tertiary/aromatic N) is 5. The van der Waals surface area contributed by atoms with E-state index in [1.54, 1.807) is 41.7 Å². The molecule has 0 aliphatic carbocycles. The van der Waals surface area contributed by atoms with Gasteiger partial charge in [0.2, 0.25) is 5.91 Å². The van der Waals surface area contributed by atoms with Crippen LogP contribution in [-0.4, -0.2) is 64.9 Å². The van der Waals surface area contributed by atoms with Crippen molar-refractivity contribution in [3.63, 3.8) is 0 Å². The van der Waals surface area contributed by atoms with Gasteiger partial charge < -0.3 is 9.80 Å². The van der Waals surface area contributed by atoms with Crippen LogP contribution in [0.2, 0.25) is 5.02 Å². The third-order valence-electron chi connectivity index (χ3n) is 5.59. The Morgan fingerprint density at radius 2 is 2.03 bits per heavy atom. The van der Waals surface area contributed by atoms with Gasteiger partial charge in [-0.1, -0.05) is 17.7 Å². The first-order valence-electron chi connectivity index (χ1n) is 9.80. The first kappa shape index (κ1) is 21.0.